The fraction of sp³-hybridized carbons (Fsp3) is 0.333. The summed E-state index contributed by atoms with van der Waals surface area (Å²) < 4.78 is 6.76. The van der Waals surface area contributed by atoms with Gasteiger partial charge in [0.25, 0.3) is 5.69 Å². The predicted molar refractivity (Wildman–Crippen MR) is 120 cm³/mol. The van der Waals surface area contributed by atoms with Gasteiger partial charge in [-0.05, 0) is 17.7 Å². The number of β-amino-alcohol motifs (C(OH)–C–C–N with tert-alkyl or cyclic N) is 1. The van der Waals surface area contributed by atoms with Gasteiger partial charge in [-0.25, -0.2) is 0 Å². The molecule has 1 aromatic carbocycles. The maximum atomic E-state index is 11.1. The van der Waals surface area contributed by atoms with Crippen molar-refractivity contribution in [3.8, 4) is 17.5 Å². The van der Waals surface area contributed by atoms with E-state index in [9.17, 15) is 20.3 Å². The van der Waals surface area contributed by atoms with Gasteiger partial charge in [-0.15, -0.1) is 5.10 Å². The zero-order valence-corrected chi connectivity index (χ0v) is 18.4. The fourth-order valence-electron chi connectivity index (χ4n) is 4.13. The number of nitrogens with zero attached hydrogens (tertiary/aromatic N) is 6. The van der Waals surface area contributed by atoms with Crippen LogP contribution in [0.1, 0.15) is 16.5 Å². The van der Waals surface area contributed by atoms with Gasteiger partial charge < -0.3 is 14.6 Å². The minimum Gasteiger partial charge on any atom is -0.492 e. The summed E-state index contributed by atoms with van der Waals surface area (Å²) in [6.45, 7) is 3.70. The molecular weight excluding hydrogens is 448 g/mol. The van der Waals surface area contributed by atoms with Crippen LogP contribution < -0.4 is 0 Å². The number of hydrogen-bond donors (Lipinski definition) is 2. The Kier molecular flexibility index (Phi) is 5.81. The van der Waals surface area contributed by atoms with Crippen molar-refractivity contribution < 1.29 is 19.6 Å². The van der Waals surface area contributed by atoms with Crippen LogP contribution in [0.15, 0.2) is 47.1 Å². The third-order valence-corrected chi connectivity index (χ3v) is 6.87. The minimum atomic E-state index is -0.427. The average molecular weight is 471 g/mol. The Balaban J connectivity index is 1.52. The van der Waals surface area contributed by atoms with E-state index in [2.05, 4.69) is 19.9 Å². The van der Waals surface area contributed by atoms with Crippen LogP contribution in [0.5, 0.6) is 5.88 Å². The number of rotatable bonds is 7. The number of nitro benzene ring substituents is 1. The average Bonchev–Trinajstić information content (AvgIpc) is 3.55. The SMILES string of the molecule is O=[N+]([O-])c1ccc([C@H](c2sc3nc(-c4ccco4)nn3c2O)N2CCN(CCO)CC2)cc1. The highest BCUT2D eigenvalue weighted by atomic mass is 32.1. The largest absolute Gasteiger partial charge is 0.492 e. The molecule has 0 spiro atoms. The number of thiazole rings is 1. The van der Waals surface area contributed by atoms with E-state index in [4.69, 9.17) is 4.42 Å². The summed E-state index contributed by atoms with van der Waals surface area (Å²) in [6.07, 6.45) is 1.54. The summed E-state index contributed by atoms with van der Waals surface area (Å²) in [5, 5.41) is 35.9. The lowest BCUT2D eigenvalue weighted by Gasteiger charge is -2.38. The number of aliphatic hydroxyl groups excluding tert-OH is 1. The number of aliphatic hydroxyl groups is 1. The van der Waals surface area contributed by atoms with Crippen LogP contribution in [0.2, 0.25) is 0 Å². The number of aromatic hydroxyl groups is 1. The van der Waals surface area contributed by atoms with Crippen molar-refractivity contribution in [2.24, 2.45) is 0 Å². The Hall–Kier alpha value is -3.32. The van der Waals surface area contributed by atoms with Gasteiger partial charge >= 0.3 is 0 Å². The number of non-ortho nitro benzene ring substituents is 1. The number of aromatic nitrogens is 3. The van der Waals surface area contributed by atoms with Crippen molar-refractivity contribution in [1.82, 2.24) is 24.4 Å². The molecule has 3 aromatic heterocycles. The molecule has 1 aliphatic heterocycles. The van der Waals surface area contributed by atoms with E-state index in [0.29, 0.717) is 41.1 Å². The predicted octanol–water partition coefficient (Wildman–Crippen LogP) is 2.36. The normalized spacial score (nSPS) is 16.4. The molecule has 0 radical (unpaired) electrons. The highest BCUT2D eigenvalue weighted by Crippen LogP contribution is 2.41. The summed E-state index contributed by atoms with van der Waals surface area (Å²) in [4.78, 5) is 20.8. The highest BCUT2D eigenvalue weighted by molar-refractivity contribution is 7.17. The third kappa shape index (κ3) is 4.09. The lowest BCUT2D eigenvalue weighted by molar-refractivity contribution is -0.384. The number of fused-ring (bicyclic) bond motifs is 1. The summed E-state index contributed by atoms with van der Waals surface area (Å²) in [7, 11) is 0. The zero-order chi connectivity index (χ0) is 22.9. The maximum Gasteiger partial charge on any atom is 0.269 e. The van der Waals surface area contributed by atoms with E-state index in [1.54, 1.807) is 24.3 Å². The molecule has 0 aliphatic carbocycles. The number of benzene rings is 1. The van der Waals surface area contributed by atoms with Crippen molar-refractivity contribution >= 4 is 22.0 Å². The molecule has 0 bridgehead atoms. The van der Waals surface area contributed by atoms with E-state index in [1.165, 1.54) is 34.2 Å². The van der Waals surface area contributed by atoms with Crippen LogP contribution in [-0.2, 0) is 0 Å². The van der Waals surface area contributed by atoms with Crippen LogP contribution in [-0.4, -0.2) is 78.9 Å². The van der Waals surface area contributed by atoms with Crippen molar-refractivity contribution in [2.75, 3.05) is 39.3 Å². The standard InChI is InChI=1S/C21H22N6O5S/c28-12-11-24-7-9-25(10-8-24)17(14-3-5-15(6-4-14)27(30)31)18-20(29)26-21(33-18)22-19(23-26)16-2-1-13-32-16/h1-6,13,17,28-29H,7-12H2/t17-/m1/s1. The van der Waals surface area contributed by atoms with Gasteiger partial charge in [0.1, 0.15) is 0 Å². The molecule has 1 atom stereocenters. The summed E-state index contributed by atoms with van der Waals surface area (Å²) in [5.74, 6) is 0.887. The Labute approximate surface area is 192 Å². The first-order valence-corrected chi connectivity index (χ1v) is 11.3. The van der Waals surface area contributed by atoms with E-state index < -0.39 is 4.92 Å². The maximum absolute atomic E-state index is 11.1. The molecule has 0 saturated carbocycles. The van der Waals surface area contributed by atoms with Gasteiger partial charge in [0.15, 0.2) is 5.76 Å². The number of hydrogen-bond acceptors (Lipinski definition) is 10. The van der Waals surface area contributed by atoms with Gasteiger partial charge in [0.2, 0.25) is 16.7 Å². The quantitative estimate of drug-likeness (QED) is 0.308. The number of nitro groups is 1. The monoisotopic (exact) mass is 470 g/mol. The fourth-order valence-corrected chi connectivity index (χ4v) is 5.25. The lowest BCUT2D eigenvalue weighted by atomic mass is 10.0. The van der Waals surface area contributed by atoms with Gasteiger partial charge in [0.05, 0.1) is 28.7 Å². The number of piperazine rings is 1. The zero-order valence-electron chi connectivity index (χ0n) is 17.6. The van der Waals surface area contributed by atoms with Gasteiger partial charge in [-0.1, -0.05) is 23.5 Å². The molecule has 0 unspecified atom stereocenters. The first-order valence-electron chi connectivity index (χ1n) is 10.5. The molecule has 172 valence electrons. The molecule has 1 fully saturated rings. The molecule has 2 N–H and O–H groups in total. The molecule has 4 aromatic rings. The molecule has 12 heteroatoms. The molecular formula is C21H22N6O5S. The topological polar surface area (TPSA) is 133 Å². The Morgan fingerprint density at radius 2 is 1.94 bits per heavy atom. The molecule has 5 rings (SSSR count). The van der Waals surface area contributed by atoms with Crippen LogP contribution in [0, 0.1) is 10.1 Å². The molecule has 1 aliphatic rings. The highest BCUT2D eigenvalue weighted by Gasteiger charge is 2.32. The van der Waals surface area contributed by atoms with Crippen molar-refractivity contribution in [2.45, 2.75) is 6.04 Å². The summed E-state index contributed by atoms with van der Waals surface area (Å²) in [5.41, 5.74) is 0.850. The summed E-state index contributed by atoms with van der Waals surface area (Å²) >= 11 is 1.33. The third-order valence-electron chi connectivity index (χ3n) is 5.80. The van der Waals surface area contributed by atoms with Crippen LogP contribution in [0.25, 0.3) is 16.5 Å². The van der Waals surface area contributed by atoms with E-state index in [-0.39, 0.29) is 24.2 Å². The second kappa shape index (κ2) is 8.90. The summed E-state index contributed by atoms with van der Waals surface area (Å²) in [6, 6.07) is 9.60. The Morgan fingerprint density at radius 3 is 2.55 bits per heavy atom. The molecule has 11 nitrogen and oxygen atoms in total. The Bertz CT molecular complexity index is 1240. The molecule has 0 amide bonds. The van der Waals surface area contributed by atoms with Crippen LogP contribution in [0.3, 0.4) is 0 Å². The van der Waals surface area contributed by atoms with Gasteiger partial charge in [-0.2, -0.15) is 9.50 Å². The first-order chi connectivity index (χ1) is 16.0. The lowest BCUT2D eigenvalue weighted by Crippen LogP contribution is -2.48. The second-order valence-electron chi connectivity index (χ2n) is 7.75. The van der Waals surface area contributed by atoms with Gasteiger partial charge in [-0.3, -0.25) is 19.9 Å². The molecule has 33 heavy (non-hydrogen) atoms. The van der Waals surface area contributed by atoms with Crippen LogP contribution in [0.4, 0.5) is 5.69 Å². The number of furan rings is 1. The van der Waals surface area contributed by atoms with E-state index in [1.807, 2.05) is 0 Å². The van der Waals surface area contributed by atoms with E-state index in [0.717, 1.165) is 18.7 Å². The van der Waals surface area contributed by atoms with Crippen molar-refractivity contribution in [3.05, 3.63) is 63.2 Å². The molecule has 4 heterocycles. The second-order valence-corrected chi connectivity index (χ2v) is 8.76. The van der Waals surface area contributed by atoms with Crippen LogP contribution >= 0.6 is 11.3 Å². The first kappa shape index (κ1) is 21.5. The molecule has 1 saturated heterocycles. The van der Waals surface area contributed by atoms with E-state index >= 15 is 0 Å². The van der Waals surface area contributed by atoms with Crippen molar-refractivity contribution in [3.63, 3.8) is 0 Å². The minimum absolute atomic E-state index is 0.0125. The van der Waals surface area contributed by atoms with Crippen molar-refractivity contribution in [1.29, 1.82) is 0 Å². The Morgan fingerprint density at radius 1 is 1.18 bits per heavy atom. The smallest absolute Gasteiger partial charge is 0.269 e. The van der Waals surface area contributed by atoms with Gasteiger partial charge in [0, 0.05) is 44.9 Å².